The molecule has 1 aromatic rings. The molecule has 0 radical (unpaired) electrons. The van der Waals surface area contributed by atoms with Gasteiger partial charge in [0, 0.05) is 12.5 Å². The van der Waals surface area contributed by atoms with E-state index < -0.39 is 0 Å². The number of nitrogens with one attached hydrogen (secondary N) is 1. The predicted octanol–water partition coefficient (Wildman–Crippen LogP) is 1.99. The van der Waals surface area contributed by atoms with Gasteiger partial charge in [-0.1, -0.05) is 19.1 Å². The summed E-state index contributed by atoms with van der Waals surface area (Å²) in [7, 11) is 0. The molecule has 0 aliphatic carbocycles. The Hall–Kier alpha value is -1.42. The van der Waals surface area contributed by atoms with Gasteiger partial charge in [0.15, 0.2) is 0 Å². The van der Waals surface area contributed by atoms with E-state index >= 15 is 0 Å². The Morgan fingerprint density at radius 2 is 2.24 bits per heavy atom. The van der Waals surface area contributed by atoms with E-state index in [0.29, 0.717) is 13.0 Å². The van der Waals surface area contributed by atoms with Crippen molar-refractivity contribution in [1.29, 1.82) is 0 Å². The summed E-state index contributed by atoms with van der Waals surface area (Å²) in [5.41, 5.74) is 6.26. The summed E-state index contributed by atoms with van der Waals surface area (Å²) in [6.45, 7) is 4.08. The minimum absolute atomic E-state index is 0.0771. The van der Waals surface area contributed by atoms with Crippen LogP contribution in [0.4, 0.5) is 4.39 Å². The number of amides is 1. The van der Waals surface area contributed by atoms with Crippen molar-refractivity contribution < 1.29 is 9.18 Å². The largest absolute Gasteiger partial charge is 0.349 e. The molecule has 3 nitrogen and oxygen atoms in total. The van der Waals surface area contributed by atoms with E-state index in [-0.39, 0.29) is 23.7 Å². The molecule has 0 heterocycles. The highest BCUT2D eigenvalue weighted by Crippen LogP contribution is 2.14. The summed E-state index contributed by atoms with van der Waals surface area (Å²) in [6, 6.07) is 6.02. The van der Waals surface area contributed by atoms with Gasteiger partial charge in [-0.2, -0.15) is 0 Å². The third-order valence-corrected chi connectivity index (χ3v) is 2.86. The molecule has 0 saturated heterocycles. The fraction of sp³-hybridized carbons (Fsp3) is 0.462. The van der Waals surface area contributed by atoms with E-state index in [1.54, 1.807) is 12.1 Å². The van der Waals surface area contributed by atoms with Crippen LogP contribution in [0.15, 0.2) is 24.3 Å². The van der Waals surface area contributed by atoms with Crippen LogP contribution >= 0.6 is 0 Å². The number of hydrogen-bond donors (Lipinski definition) is 2. The second-order valence-corrected chi connectivity index (χ2v) is 4.13. The van der Waals surface area contributed by atoms with Gasteiger partial charge in [-0.15, -0.1) is 0 Å². The minimum atomic E-state index is -0.297. The Morgan fingerprint density at radius 3 is 2.76 bits per heavy atom. The first-order chi connectivity index (χ1) is 8.08. The lowest BCUT2D eigenvalue weighted by Gasteiger charge is -2.18. The summed E-state index contributed by atoms with van der Waals surface area (Å²) in [5, 5.41) is 2.84. The first-order valence-electron chi connectivity index (χ1n) is 5.84. The van der Waals surface area contributed by atoms with Crippen LogP contribution in [0.5, 0.6) is 0 Å². The standard InChI is InChI=1S/C13H19FN2O/c1-3-10(8-15)13(17)16-9(2)11-5-4-6-12(14)7-11/h4-7,9-10H,3,8,15H2,1-2H3,(H,16,17)/t9-,10?/m0/s1. The Morgan fingerprint density at radius 1 is 1.53 bits per heavy atom. The quantitative estimate of drug-likeness (QED) is 0.824. The smallest absolute Gasteiger partial charge is 0.224 e. The zero-order chi connectivity index (χ0) is 12.8. The van der Waals surface area contributed by atoms with E-state index in [1.807, 2.05) is 13.8 Å². The van der Waals surface area contributed by atoms with E-state index in [0.717, 1.165) is 5.56 Å². The van der Waals surface area contributed by atoms with Crippen LogP contribution in [-0.4, -0.2) is 12.5 Å². The van der Waals surface area contributed by atoms with E-state index in [1.165, 1.54) is 12.1 Å². The number of carbonyl (C=O) groups is 1. The fourth-order valence-corrected chi connectivity index (χ4v) is 1.65. The van der Waals surface area contributed by atoms with Crippen LogP contribution in [0.2, 0.25) is 0 Å². The molecule has 1 unspecified atom stereocenters. The van der Waals surface area contributed by atoms with Crippen molar-refractivity contribution in [2.24, 2.45) is 11.7 Å². The van der Waals surface area contributed by atoms with E-state index in [2.05, 4.69) is 5.32 Å². The Labute approximate surface area is 101 Å². The zero-order valence-corrected chi connectivity index (χ0v) is 10.2. The van der Waals surface area contributed by atoms with Crippen molar-refractivity contribution in [1.82, 2.24) is 5.32 Å². The van der Waals surface area contributed by atoms with Crippen LogP contribution in [0, 0.1) is 11.7 Å². The van der Waals surface area contributed by atoms with Gasteiger partial charge in [-0.3, -0.25) is 4.79 Å². The Bertz CT molecular complexity index is 377. The molecule has 0 aromatic heterocycles. The SMILES string of the molecule is CCC(CN)C(=O)N[C@@H](C)c1cccc(F)c1. The average Bonchev–Trinajstić information content (AvgIpc) is 2.30. The van der Waals surface area contributed by atoms with Crippen molar-refractivity contribution in [3.05, 3.63) is 35.6 Å². The van der Waals surface area contributed by atoms with Gasteiger partial charge in [-0.25, -0.2) is 4.39 Å². The van der Waals surface area contributed by atoms with Gasteiger partial charge in [0.25, 0.3) is 0 Å². The first kappa shape index (κ1) is 13.6. The van der Waals surface area contributed by atoms with Crippen LogP contribution < -0.4 is 11.1 Å². The number of carbonyl (C=O) groups excluding carboxylic acids is 1. The molecule has 1 aromatic carbocycles. The number of rotatable bonds is 5. The molecule has 0 saturated carbocycles. The van der Waals surface area contributed by atoms with Gasteiger partial charge < -0.3 is 11.1 Å². The van der Waals surface area contributed by atoms with Crippen LogP contribution in [0.1, 0.15) is 31.9 Å². The maximum Gasteiger partial charge on any atom is 0.224 e. The summed E-state index contributed by atoms with van der Waals surface area (Å²) in [5.74, 6) is -0.549. The maximum absolute atomic E-state index is 13.0. The van der Waals surface area contributed by atoms with Crippen LogP contribution in [0.25, 0.3) is 0 Å². The lowest BCUT2D eigenvalue weighted by molar-refractivity contribution is -0.125. The molecule has 0 aliphatic heterocycles. The van der Waals surface area contributed by atoms with Gasteiger partial charge in [0.05, 0.1) is 6.04 Å². The summed E-state index contributed by atoms with van der Waals surface area (Å²) in [6.07, 6.45) is 0.707. The topological polar surface area (TPSA) is 55.1 Å². The number of halogens is 1. The molecule has 1 rings (SSSR count). The monoisotopic (exact) mass is 238 g/mol. The lowest BCUT2D eigenvalue weighted by Crippen LogP contribution is -2.36. The van der Waals surface area contributed by atoms with Crippen molar-refractivity contribution in [3.63, 3.8) is 0 Å². The molecule has 1 amide bonds. The van der Waals surface area contributed by atoms with Crippen molar-refractivity contribution in [3.8, 4) is 0 Å². The number of hydrogen-bond acceptors (Lipinski definition) is 2. The molecule has 0 bridgehead atoms. The number of nitrogens with two attached hydrogens (primary N) is 1. The Kier molecular flexibility index (Phi) is 5.10. The average molecular weight is 238 g/mol. The molecular weight excluding hydrogens is 219 g/mol. The third-order valence-electron chi connectivity index (χ3n) is 2.86. The second kappa shape index (κ2) is 6.35. The lowest BCUT2D eigenvalue weighted by atomic mass is 10.0. The molecular formula is C13H19FN2O. The molecule has 17 heavy (non-hydrogen) atoms. The van der Waals surface area contributed by atoms with Crippen LogP contribution in [-0.2, 0) is 4.79 Å². The highest BCUT2D eigenvalue weighted by molar-refractivity contribution is 5.79. The molecule has 94 valence electrons. The third kappa shape index (κ3) is 3.82. The van der Waals surface area contributed by atoms with Gasteiger partial charge in [0.1, 0.15) is 5.82 Å². The zero-order valence-electron chi connectivity index (χ0n) is 10.2. The summed E-state index contributed by atoms with van der Waals surface area (Å²) in [4.78, 5) is 11.8. The molecule has 0 fully saturated rings. The van der Waals surface area contributed by atoms with Gasteiger partial charge in [-0.05, 0) is 31.0 Å². The van der Waals surface area contributed by atoms with Crippen LogP contribution in [0.3, 0.4) is 0 Å². The van der Waals surface area contributed by atoms with E-state index in [9.17, 15) is 9.18 Å². The molecule has 3 N–H and O–H groups in total. The Balaban J connectivity index is 2.66. The molecule has 0 spiro atoms. The van der Waals surface area contributed by atoms with Crippen molar-refractivity contribution in [2.75, 3.05) is 6.54 Å². The van der Waals surface area contributed by atoms with Gasteiger partial charge in [0.2, 0.25) is 5.91 Å². The number of benzene rings is 1. The van der Waals surface area contributed by atoms with Crippen molar-refractivity contribution in [2.45, 2.75) is 26.3 Å². The summed E-state index contributed by atoms with van der Waals surface area (Å²) >= 11 is 0. The molecule has 4 heteroatoms. The van der Waals surface area contributed by atoms with Gasteiger partial charge >= 0.3 is 0 Å². The predicted molar refractivity (Wildman–Crippen MR) is 65.8 cm³/mol. The summed E-state index contributed by atoms with van der Waals surface area (Å²) < 4.78 is 13.0. The fourth-order valence-electron chi connectivity index (χ4n) is 1.65. The molecule has 0 aliphatic rings. The second-order valence-electron chi connectivity index (χ2n) is 4.13. The van der Waals surface area contributed by atoms with Crippen molar-refractivity contribution >= 4 is 5.91 Å². The first-order valence-corrected chi connectivity index (χ1v) is 5.84. The minimum Gasteiger partial charge on any atom is -0.349 e. The molecule has 2 atom stereocenters. The highest BCUT2D eigenvalue weighted by atomic mass is 19.1. The maximum atomic E-state index is 13.0. The van der Waals surface area contributed by atoms with E-state index in [4.69, 9.17) is 5.73 Å². The normalized spacial score (nSPS) is 14.1. The highest BCUT2D eigenvalue weighted by Gasteiger charge is 2.17.